The van der Waals surface area contributed by atoms with Gasteiger partial charge < -0.3 is 15.2 Å². The largest absolute Gasteiger partial charge is 0.508 e. The first-order valence-corrected chi connectivity index (χ1v) is 6.24. The van der Waals surface area contributed by atoms with Gasteiger partial charge in [0, 0.05) is 24.1 Å². The van der Waals surface area contributed by atoms with Crippen LogP contribution in [-0.2, 0) is 19.3 Å². The fourth-order valence-corrected chi connectivity index (χ4v) is 2.45. The zero-order chi connectivity index (χ0) is 12.5. The molecule has 0 saturated carbocycles. The molecular weight excluding hydrogens is 228 g/mol. The second-order valence-electron chi connectivity index (χ2n) is 4.81. The van der Waals surface area contributed by atoms with Crippen molar-refractivity contribution in [2.45, 2.75) is 31.8 Å². The van der Waals surface area contributed by atoms with Crippen LogP contribution in [0.2, 0.25) is 0 Å². The van der Waals surface area contributed by atoms with Gasteiger partial charge in [0.1, 0.15) is 11.6 Å². The van der Waals surface area contributed by atoms with E-state index in [2.05, 4.69) is 9.97 Å². The normalized spacial score (nSPS) is 18.6. The number of aromatic amines is 1. The summed E-state index contributed by atoms with van der Waals surface area (Å²) in [6, 6.07) is 7.29. The third-order valence-corrected chi connectivity index (χ3v) is 3.42. The molecule has 0 amide bonds. The molecule has 1 aliphatic carbocycles. The molecule has 3 N–H and O–H groups in total. The van der Waals surface area contributed by atoms with Crippen LogP contribution in [0.3, 0.4) is 0 Å². The summed E-state index contributed by atoms with van der Waals surface area (Å²) in [6.45, 7) is 0. The number of aromatic nitrogens is 2. The molecule has 1 aliphatic rings. The molecule has 0 aliphatic heterocycles. The van der Waals surface area contributed by atoms with E-state index in [1.54, 1.807) is 6.07 Å². The van der Waals surface area contributed by atoms with E-state index in [0.29, 0.717) is 18.6 Å². The van der Waals surface area contributed by atoms with Gasteiger partial charge in [-0.25, -0.2) is 4.98 Å². The Labute approximate surface area is 105 Å². The van der Waals surface area contributed by atoms with E-state index in [0.717, 1.165) is 35.6 Å². The fourth-order valence-electron chi connectivity index (χ4n) is 2.45. The molecule has 0 fully saturated rings. The van der Waals surface area contributed by atoms with Gasteiger partial charge in [0.05, 0.1) is 11.8 Å². The van der Waals surface area contributed by atoms with Crippen molar-refractivity contribution in [3.63, 3.8) is 0 Å². The number of imidazole rings is 1. The number of phenols is 1. The van der Waals surface area contributed by atoms with E-state index in [-0.39, 0.29) is 6.10 Å². The SMILES string of the molecule is Oc1ccccc1Cc1nc2c([nH]1)CC(O)CC2. The fraction of sp³-hybridized carbons (Fsp3) is 0.357. The van der Waals surface area contributed by atoms with Crippen molar-refractivity contribution < 1.29 is 10.2 Å². The van der Waals surface area contributed by atoms with Crippen LogP contribution in [0, 0.1) is 0 Å². The minimum absolute atomic E-state index is 0.254. The van der Waals surface area contributed by atoms with Crippen LogP contribution < -0.4 is 0 Å². The number of hydrogen-bond acceptors (Lipinski definition) is 3. The maximum absolute atomic E-state index is 9.74. The molecule has 2 aromatic rings. The predicted octanol–water partition coefficient (Wildman–Crippen LogP) is 1.56. The highest BCUT2D eigenvalue weighted by molar-refractivity contribution is 5.34. The highest BCUT2D eigenvalue weighted by Crippen LogP contribution is 2.22. The number of aryl methyl sites for hydroxylation is 1. The number of hydrogen-bond donors (Lipinski definition) is 3. The van der Waals surface area contributed by atoms with Crippen LogP contribution >= 0.6 is 0 Å². The minimum atomic E-state index is -0.254. The quantitative estimate of drug-likeness (QED) is 0.750. The lowest BCUT2D eigenvalue weighted by molar-refractivity contribution is 0.157. The van der Waals surface area contributed by atoms with Gasteiger partial charge in [0.2, 0.25) is 0 Å². The number of nitrogens with zero attached hydrogens (tertiary/aromatic N) is 1. The summed E-state index contributed by atoms with van der Waals surface area (Å²) in [6.07, 6.45) is 2.61. The second kappa shape index (κ2) is 4.46. The highest BCUT2D eigenvalue weighted by Gasteiger charge is 2.20. The van der Waals surface area contributed by atoms with Gasteiger partial charge in [-0.3, -0.25) is 0 Å². The summed E-state index contributed by atoms with van der Waals surface area (Å²) < 4.78 is 0. The van der Waals surface area contributed by atoms with Gasteiger partial charge in [0.25, 0.3) is 0 Å². The molecule has 1 unspecified atom stereocenters. The van der Waals surface area contributed by atoms with Gasteiger partial charge in [-0.15, -0.1) is 0 Å². The Morgan fingerprint density at radius 1 is 1.33 bits per heavy atom. The average Bonchev–Trinajstić information content (AvgIpc) is 2.73. The third-order valence-electron chi connectivity index (χ3n) is 3.42. The Morgan fingerprint density at radius 3 is 3.00 bits per heavy atom. The Morgan fingerprint density at radius 2 is 2.17 bits per heavy atom. The number of benzene rings is 1. The number of nitrogens with one attached hydrogen (secondary N) is 1. The van der Waals surface area contributed by atoms with Crippen LogP contribution in [0.25, 0.3) is 0 Å². The van der Waals surface area contributed by atoms with Crippen LogP contribution in [-0.4, -0.2) is 26.3 Å². The molecule has 1 atom stereocenters. The van der Waals surface area contributed by atoms with Crippen LogP contribution in [0.5, 0.6) is 5.75 Å². The van der Waals surface area contributed by atoms with E-state index < -0.39 is 0 Å². The van der Waals surface area contributed by atoms with Gasteiger partial charge in [-0.2, -0.15) is 0 Å². The molecule has 0 saturated heterocycles. The Bertz CT molecular complexity index is 563. The summed E-state index contributed by atoms with van der Waals surface area (Å²) in [4.78, 5) is 7.80. The number of H-pyrrole nitrogens is 1. The average molecular weight is 244 g/mol. The second-order valence-corrected chi connectivity index (χ2v) is 4.81. The smallest absolute Gasteiger partial charge is 0.119 e. The topological polar surface area (TPSA) is 69.1 Å². The molecule has 1 aromatic heterocycles. The van der Waals surface area contributed by atoms with E-state index in [1.165, 1.54) is 0 Å². The number of fused-ring (bicyclic) bond motifs is 1. The number of phenolic OH excluding ortho intramolecular Hbond substituents is 1. The molecule has 3 rings (SSSR count). The highest BCUT2D eigenvalue weighted by atomic mass is 16.3. The molecule has 0 radical (unpaired) electrons. The van der Waals surface area contributed by atoms with Crippen molar-refractivity contribution in [2.24, 2.45) is 0 Å². The van der Waals surface area contributed by atoms with E-state index in [9.17, 15) is 10.2 Å². The summed E-state index contributed by atoms with van der Waals surface area (Å²) >= 11 is 0. The maximum Gasteiger partial charge on any atom is 0.119 e. The van der Waals surface area contributed by atoms with Crippen LogP contribution in [0.1, 0.15) is 29.2 Å². The lowest BCUT2D eigenvalue weighted by Crippen LogP contribution is -2.18. The van der Waals surface area contributed by atoms with Crippen LogP contribution in [0.15, 0.2) is 24.3 Å². The third kappa shape index (κ3) is 2.11. The number of aliphatic hydroxyl groups excluding tert-OH is 1. The molecule has 4 nitrogen and oxygen atoms in total. The molecule has 1 aromatic carbocycles. The van der Waals surface area contributed by atoms with E-state index in [1.807, 2.05) is 18.2 Å². The first-order chi connectivity index (χ1) is 8.72. The zero-order valence-corrected chi connectivity index (χ0v) is 10.1. The summed E-state index contributed by atoms with van der Waals surface area (Å²) in [5.74, 6) is 1.16. The van der Waals surface area contributed by atoms with Gasteiger partial charge in [0.15, 0.2) is 0 Å². The Hall–Kier alpha value is -1.81. The summed E-state index contributed by atoms with van der Waals surface area (Å²) in [5, 5.41) is 19.3. The zero-order valence-electron chi connectivity index (χ0n) is 10.1. The van der Waals surface area contributed by atoms with Crippen molar-refractivity contribution in [1.29, 1.82) is 0 Å². The monoisotopic (exact) mass is 244 g/mol. The molecule has 0 bridgehead atoms. The molecule has 4 heteroatoms. The van der Waals surface area contributed by atoms with Crippen molar-refractivity contribution in [3.05, 3.63) is 47.0 Å². The van der Waals surface area contributed by atoms with Gasteiger partial charge >= 0.3 is 0 Å². The van der Waals surface area contributed by atoms with Crippen LogP contribution in [0.4, 0.5) is 0 Å². The maximum atomic E-state index is 9.74. The number of aromatic hydroxyl groups is 1. The number of aliphatic hydroxyl groups is 1. The van der Waals surface area contributed by atoms with Crippen molar-refractivity contribution in [2.75, 3.05) is 0 Å². The lowest BCUT2D eigenvalue weighted by Gasteiger charge is -2.14. The number of para-hydroxylation sites is 1. The summed E-state index contributed by atoms with van der Waals surface area (Å²) in [7, 11) is 0. The standard InChI is InChI=1S/C14H16N2O2/c17-10-5-6-11-12(8-10)16-14(15-11)7-9-3-1-2-4-13(9)18/h1-4,10,17-18H,5-8H2,(H,15,16). The Balaban J connectivity index is 1.84. The Kier molecular flexibility index (Phi) is 2.80. The summed E-state index contributed by atoms with van der Waals surface area (Å²) in [5.41, 5.74) is 2.97. The first kappa shape index (κ1) is 11.3. The van der Waals surface area contributed by atoms with Gasteiger partial charge in [-0.05, 0) is 18.9 Å². The van der Waals surface area contributed by atoms with Crippen molar-refractivity contribution in [1.82, 2.24) is 9.97 Å². The van der Waals surface area contributed by atoms with Gasteiger partial charge in [-0.1, -0.05) is 18.2 Å². The van der Waals surface area contributed by atoms with Crippen molar-refractivity contribution in [3.8, 4) is 5.75 Å². The van der Waals surface area contributed by atoms with Crippen molar-refractivity contribution >= 4 is 0 Å². The lowest BCUT2D eigenvalue weighted by atomic mass is 9.99. The van der Waals surface area contributed by atoms with E-state index >= 15 is 0 Å². The number of rotatable bonds is 2. The molecule has 1 heterocycles. The molecular formula is C14H16N2O2. The minimum Gasteiger partial charge on any atom is -0.508 e. The molecule has 18 heavy (non-hydrogen) atoms. The molecule has 94 valence electrons. The first-order valence-electron chi connectivity index (χ1n) is 6.24. The van der Waals surface area contributed by atoms with E-state index in [4.69, 9.17) is 0 Å². The predicted molar refractivity (Wildman–Crippen MR) is 67.5 cm³/mol. The molecule has 0 spiro atoms.